The van der Waals surface area contributed by atoms with Crippen molar-refractivity contribution in [3.63, 3.8) is 0 Å². The molecule has 3 fully saturated rings. The monoisotopic (exact) mass is 764 g/mol. The number of benzene rings is 4. The Bertz CT molecular complexity index is 1860. The van der Waals surface area contributed by atoms with Gasteiger partial charge in [-0.25, -0.2) is 4.79 Å². The topological polar surface area (TPSA) is 55.8 Å². The molecule has 0 amide bonds. The summed E-state index contributed by atoms with van der Waals surface area (Å²) in [6, 6.07) is 41.5. The Morgan fingerprint density at radius 3 is 1.95 bits per heavy atom. The Hall–Kier alpha value is -3.99. The first-order chi connectivity index (χ1) is 27.6. The number of hydrogen-bond acceptors (Lipinski definition) is 4. The molecule has 0 aliphatic heterocycles. The van der Waals surface area contributed by atoms with Gasteiger partial charge in [-0.1, -0.05) is 161 Å². The van der Waals surface area contributed by atoms with Crippen LogP contribution in [-0.2, 0) is 15.1 Å². The minimum atomic E-state index is -0.692. The van der Waals surface area contributed by atoms with Crippen LogP contribution >= 0.6 is 0 Å². The van der Waals surface area contributed by atoms with Crippen LogP contribution in [0.5, 0.6) is 0 Å². The molecule has 4 heteroatoms. The predicted molar refractivity (Wildman–Crippen MR) is 230 cm³/mol. The van der Waals surface area contributed by atoms with E-state index in [1.54, 1.807) is 0 Å². The normalized spacial score (nSPS) is 30.6. The number of carbonyl (C=O) groups is 1. The van der Waals surface area contributed by atoms with E-state index in [1.165, 1.54) is 18.4 Å². The van der Waals surface area contributed by atoms with Gasteiger partial charge in [-0.2, -0.15) is 0 Å². The zero-order chi connectivity index (χ0) is 39.6. The van der Waals surface area contributed by atoms with Crippen LogP contribution in [0, 0.1) is 46.3 Å². The number of rotatable bonds is 13. The molecular formula is C53H64O4. The number of hydrogen-bond donors (Lipinski definition) is 1. The van der Waals surface area contributed by atoms with Gasteiger partial charge in [-0.3, -0.25) is 0 Å². The van der Waals surface area contributed by atoms with Gasteiger partial charge in [-0.05, 0) is 120 Å². The largest absolute Gasteiger partial charge is 0.458 e. The van der Waals surface area contributed by atoms with E-state index >= 15 is 0 Å². The lowest BCUT2D eigenvalue weighted by atomic mass is 9.47. The summed E-state index contributed by atoms with van der Waals surface area (Å²) in [4.78, 5) is 12.9. The second kappa shape index (κ2) is 16.7. The minimum absolute atomic E-state index is 0.0469. The third kappa shape index (κ3) is 7.58. The lowest BCUT2D eigenvalue weighted by molar-refractivity contribution is -0.0639. The third-order valence-electron chi connectivity index (χ3n) is 15.5. The van der Waals surface area contributed by atoms with Gasteiger partial charge in [0.05, 0.1) is 18.3 Å². The molecule has 4 aromatic rings. The van der Waals surface area contributed by atoms with Crippen molar-refractivity contribution in [3.8, 4) is 0 Å². The molecule has 0 radical (unpaired) electrons. The molecule has 10 atom stereocenters. The number of esters is 1. The Morgan fingerprint density at radius 2 is 1.35 bits per heavy atom. The number of allylic oxidation sites excluding steroid dienone is 1. The quantitative estimate of drug-likeness (QED) is 0.0837. The minimum Gasteiger partial charge on any atom is -0.458 e. The van der Waals surface area contributed by atoms with Crippen LogP contribution in [0.1, 0.15) is 119 Å². The van der Waals surface area contributed by atoms with Gasteiger partial charge >= 0.3 is 5.97 Å². The molecule has 4 aromatic carbocycles. The molecular weight excluding hydrogens is 701 g/mol. The molecule has 0 heterocycles. The first-order valence-electron chi connectivity index (χ1n) is 22.1. The molecule has 1 N–H and O–H groups in total. The van der Waals surface area contributed by atoms with Gasteiger partial charge in [0.1, 0.15) is 11.7 Å². The Kier molecular flexibility index (Phi) is 11.7. The van der Waals surface area contributed by atoms with Gasteiger partial charge in [-0.15, -0.1) is 0 Å². The highest BCUT2D eigenvalue weighted by Gasteiger charge is 2.61. The number of aliphatic hydroxyl groups excluding tert-OH is 1. The summed E-state index contributed by atoms with van der Waals surface area (Å²) in [6.45, 7) is 10.5. The number of ether oxygens (including phenoxy) is 2. The van der Waals surface area contributed by atoms with Crippen molar-refractivity contribution in [1.82, 2.24) is 0 Å². The highest BCUT2D eigenvalue weighted by atomic mass is 16.5. The van der Waals surface area contributed by atoms with Crippen LogP contribution in [0.2, 0.25) is 0 Å². The molecule has 0 saturated heterocycles. The van der Waals surface area contributed by atoms with E-state index in [0.29, 0.717) is 47.7 Å². The Morgan fingerprint density at radius 1 is 0.772 bits per heavy atom. The lowest BCUT2D eigenvalue weighted by Gasteiger charge is -2.58. The molecule has 3 saturated carbocycles. The number of fused-ring (bicyclic) bond motifs is 5. The Labute approximate surface area is 342 Å². The molecule has 0 spiro atoms. The van der Waals surface area contributed by atoms with Crippen LogP contribution in [0.4, 0.5) is 0 Å². The molecule has 4 aliphatic carbocycles. The summed E-state index contributed by atoms with van der Waals surface area (Å²) in [5, 5.41) is 11.9. The van der Waals surface area contributed by atoms with E-state index < -0.39 is 5.60 Å². The average molecular weight is 765 g/mol. The number of aliphatic hydroxyl groups is 1. The van der Waals surface area contributed by atoms with Crippen molar-refractivity contribution in [2.75, 3.05) is 6.61 Å². The second-order valence-electron chi connectivity index (χ2n) is 18.9. The maximum absolute atomic E-state index is 12.9. The highest BCUT2D eigenvalue weighted by Crippen LogP contribution is 2.67. The summed E-state index contributed by atoms with van der Waals surface area (Å²) in [6.07, 6.45) is 12.9. The first-order valence-corrected chi connectivity index (χ1v) is 22.1. The fourth-order valence-corrected chi connectivity index (χ4v) is 12.7. The molecule has 0 aromatic heterocycles. The van der Waals surface area contributed by atoms with Crippen LogP contribution in [-0.4, -0.2) is 29.9 Å². The lowest BCUT2D eigenvalue weighted by Crippen LogP contribution is -2.51. The summed E-state index contributed by atoms with van der Waals surface area (Å²) in [7, 11) is 0. The zero-order valence-electron chi connectivity index (χ0n) is 34.7. The highest BCUT2D eigenvalue weighted by molar-refractivity contribution is 5.89. The standard InChI is InChI=1S/C53H64O4/c1-37(36-56-53(40-22-11-6-12-23-40,41-24-13-7-14-25-41)42-26-15-8-16-27-42)18-17-19-38(2)49-48(54)35-47-45-29-28-43-34-44(57-50(55)39-20-9-5-10-21-39)30-32-51(43,3)46(45)31-33-52(47,49)4/h5-16,20-28,37-38,44-49,54H,17-19,29-36H2,1-4H3/t37?,38-,44+,45-,46+,47+,48?,49+,51+,52+/m1/s1. The van der Waals surface area contributed by atoms with Crippen LogP contribution in [0.3, 0.4) is 0 Å². The molecule has 57 heavy (non-hydrogen) atoms. The van der Waals surface area contributed by atoms with Gasteiger partial charge < -0.3 is 14.6 Å². The summed E-state index contributed by atoms with van der Waals surface area (Å²) < 4.78 is 13.2. The van der Waals surface area contributed by atoms with Gasteiger partial charge in [0, 0.05) is 6.42 Å². The van der Waals surface area contributed by atoms with Crippen molar-refractivity contribution >= 4 is 5.97 Å². The van der Waals surface area contributed by atoms with E-state index in [-0.39, 0.29) is 29.0 Å². The second-order valence-corrected chi connectivity index (χ2v) is 18.9. The Balaban J connectivity index is 0.897. The molecule has 0 bridgehead atoms. The van der Waals surface area contributed by atoms with Gasteiger partial charge in [0.25, 0.3) is 0 Å². The van der Waals surface area contributed by atoms with Gasteiger partial charge in [0.15, 0.2) is 0 Å². The fraction of sp³-hybridized carbons (Fsp3) is 0.491. The fourth-order valence-electron chi connectivity index (χ4n) is 12.7. The van der Waals surface area contributed by atoms with Crippen molar-refractivity contribution in [2.24, 2.45) is 46.3 Å². The predicted octanol–water partition coefficient (Wildman–Crippen LogP) is 12.2. The van der Waals surface area contributed by atoms with Crippen molar-refractivity contribution < 1.29 is 19.4 Å². The third-order valence-corrected chi connectivity index (χ3v) is 15.5. The zero-order valence-corrected chi connectivity index (χ0v) is 34.7. The molecule has 4 nitrogen and oxygen atoms in total. The molecule has 8 rings (SSSR count). The first kappa shape index (κ1) is 39.8. The summed E-state index contributed by atoms with van der Waals surface area (Å²) >= 11 is 0. The molecule has 4 aliphatic rings. The molecule has 300 valence electrons. The van der Waals surface area contributed by atoms with E-state index in [4.69, 9.17) is 9.47 Å². The van der Waals surface area contributed by atoms with E-state index in [9.17, 15) is 9.90 Å². The summed E-state index contributed by atoms with van der Waals surface area (Å²) in [5.74, 6) is 2.80. The van der Waals surface area contributed by atoms with Crippen LogP contribution in [0.25, 0.3) is 0 Å². The molecule has 2 unspecified atom stereocenters. The van der Waals surface area contributed by atoms with E-state index in [0.717, 1.165) is 68.1 Å². The van der Waals surface area contributed by atoms with Crippen molar-refractivity contribution in [3.05, 3.63) is 155 Å². The average Bonchev–Trinajstić information content (AvgIpc) is 3.52. The maximum Gasteiger partial charge on any atom is 0.338 e. The SMILES string of the molecule is CC(CCC[C@@H](C)[C@H]1C(O)C[C@H]2[C@@H]3CC=C4C[C@@H](OC(=O)c5ccccc5)CC[C@]4(C)[C@H]3CC[C@]12C)COC(c1ccccc1)(c1ccccc1)c1ccccc1. The summed E-state index contributed by atoms with van der Waals surface area (Å²) in [5.41, 5.74) is 5.22. The van der Waals surface area contributed by atoms with Crippen LogP contribution < -0.4 is 0 Å². The smallest absolute Gasteiger partial charge is 0.338 e. The van der Waals surface area contributed by atoms with E-state index in [2.05, 4.69) is 125 Å². The van der Waals surface area contributed by atoms with Crippen LogP contribution in [0.15, 0.2) is 133 Å². The van der Waals surface area contributed by atoms with Crippen molar-refractivity contribution in [2.45, 2.75) is 110 Å². The van der Waals surface area contributed by atoms with E-state index in [1.807, 2.05) is 30.3 Å². The number of carbonyl (C=O) groups excluding carboxylic acids is 1. The van der Waals surface area contributed by atoms with Gasteiger partial charge in [0.2, 0.25) is 0 Å². The maximum atomic E-state index is 12.9. The van der Waals surface area contributed by atoms with Crippen molar-refractivity contribution in [1.29, 1.82) is 0 Å².